The molecule has 1 atom stereocenters. The fourth-order valence-corrected chi connectivity index (χ4v) is 1.65. The van der Waals surface area contributed by atoms with Crippen molar-refractivity contribution in [2.75, 3.05) is 25.6 Å². The highest BCUT2D eigenvalue weighted by Gasteiger charge is 2.23. The molecule has 3 N–H and O–H groups in total. The van der Waals surface area contributed by atoms with Crippen molar-refractivity contribution in [2.45, 2.75) is 6.04 Å². The Morgan fingerprint density at radius 3 is 3.19 bits per heavy atom. The van der Waals surface area contributed by atoms with Gasteiger partial charge < -0.3 is 20.5 Å². The average Bonchev–Trinajstić information content (AvgIpc) is 2.36. The highest BCUT2D eigenvalue weighted by atomic mass is 16.5. The first-order chi connectivity index (χ1) is 7.76. The maximum atomic E-state index is 11.5. The van der Waals surface area contributed by atoms with Gasteiger partial charge in [0.25, 0.3) is 0 Å². The third-order valence-corrected chi connectivity index (χ3v) is 2.49. The SMILES string of the molecule is COC(=O)c1cccc2c1OCC(CN)N2. The molecule has 5 heteroatoms. The fraction of sp³-hybridized carbons (Fsp3) is 0.364. The van der Waals surface area contributed by atoms with Gasteiger partial charge in [0.15, 0.2) is 5.75 Å². The number of fused-ring (bicyclic) bond motifs is 1. The number of benzene rings is 1. The molecule has 1 aromatic rings. The van der Waals surface area contributed by atoms with Gasteiger partial charge in [-0.2, -0.15) is 0 Å². The minimum atomic E-state index is -0.398. The second kappa shape index (κ2) is 4.40. The van der Waals surface area contributed by atoms with Crippen molar-refractivity contribution in [3.05, 3.63) is 23.8 Å². The molecule has 0 amide bonds. The second-order valence-electron chi connectivity index (χ2n) is 3.56. The second-order valence-corrected chi connectivity index (χ2v) is 3.56. The van der Waals surface area contributed by atoms with Crippen LogP contribution in [-0.4, -0.2) is 32.3 Å². The van der Waals surface area contributed by atoms with E-state index in [4.69, 9.17) is 10.5 Å². The molecule has 0 saturated heterocycles. The topological polar surface area (TPSA) is 73.6 Å². The zero-order valence-corrected chi connectivity index (χ0v) is 9.03. The summed E-state index contributed by atoms with van der Waals surface area (Å²) in [5.74, 6) is 0.142. The molecule has 16 heavy (non-hydrogen) atoms. The molecular formula is C11H14N2O3. The van der Waals surface area contributed by atoms with E-state index < -0.39 is 5.97 Å². The van der Waals surface area contributed by atoms with E-state index in [2.05, 4.69) is 10.1 Å². The van der Waals surface area contributed by atoms with E-state index in [1.54, 1.807) is 12.1 Å². The van der Waals surface area contributed by atoms with Gasteiger partial charge in [0.2, 0.25) is 0 Å². The van der Waals surface area contributed by atoms with Crippen molar-refractivity contribution in [1.82, 2.24) is 0 Å². The van der Waals surface area contributed by atoms with Crippen molar-refractivity contribution in [1.29, 1.82) is 0 Å². The minimum Gasteiger partial charge on any atom is -0.488 e. The quantitative estimate of drug-likeness (QED) is 0.717. The monoisotopic (exact) mass is 222 g/mol. The summed E-state index contributed by atoms with van der Waals surface area (Å²) in [4.78, 5) is 11.5. The number of hydrogen-bond donors (Lipinski definition) is 2. The summed E-state index contributed by atoms with van der Waals surface area (Å²) in [6, 6.07) is 5.39. The summed E-state index contributed by atoms with van der Waals surface area (Å²) >= 11 is 0. The molecule has 1 aromatic carbocycles. The maximum absolute atomic E-state index is 11.5. The molecule has 86 valence electrons. The molecule has 0 aliphatic carbocycles. The van der Waals surface area contributed by atoms with E-state index in [1.165, 1.54) is 7.11 Å². The van der Waals surface area contributed by atoms with E-state index in [1.807, 2.05) is 6.07 Å². The first kappa shape index (κ1) is 10.8. The van der Waals surface area contributed by atoms with Gasteiger partial charge in [0, 0.05) is 6.54 Å². The number of hydrogen-bond acceptors (Lipinski definition) is 5. The largest absolute Gasteiger partial charge is 0.488 e. The van der Waals surface area contributed by atoms with Crippen LogP contribution in [0.25, 0.3) is 0 Å². The Hall–Kier alpha value is -1.75. The first-order valence-corrected chi connectivity index (χ1v) is 5.07. The Morgan fingerprint density at radius 1 is 1.69 bits per heavy atom. The lowest BCUT2D eigenvalue weighted by atomic mass is 10.1. The van der Waals surface area contributed by atoms with Crippen molar-refractivity contribution in [3.63, 3.8) is 0 Å². The van der Waals surface area contributed by atoms with Crippen LogP contribution in [0.5, 0.6) is 5.75 Å². The van der Waals surface area contributed by atoms with Gasteiger partial charge in [0.1, 0.15) is 12.2 Å². The third-order valence-electron chi connectivity index (χ3n) is 2.49. The van der Waals surface area contributed by atoms with Gasteiger partial charge >= 0.3 is 5.97 Å². The minimum absolute atomic E-state index is 0.0837. The maximum Gasteiger partial charge on any atom is 0.341 e. The van der Waals surface area contributed by atoms with Crippen LogP contribution in [0.2, 0.25) is 0 Å². The molecule has 1 aliphatic rings. The summed E-state index contributed by atoms with van der Waals surface area (Å²) < 4.78 is 10.2. The van der Waals surface area contributed by atoms with E-state index in [9.17, 15) is 4.79 Å². The number of anilines is 1. The molecule has 1 unspecified atom stereocenters. The molecule has 0 radical (unpaired) electrons. The zero-order chi connectivity index (χ0) is 11.5. The van der Waals surface area contributed by atoms with Crippen LogP contribution in [0.3, 0.4) is 0 Å². The predicted molar refractivity (Wildman–Crippen MR) is 59.7 cm³/mol. The Kier molecular flexibility index (Phi) is 2.96. The molecule has 0 fully saturated rings. The molecule has 0 aromatic heterocycles. The normalized spacial score (nSPS) is 18.0. The van der Waals surface area contributed by atoms with Gasteiger partial charge in [-0.25, -0.2) is 4.79 Å². The van der Waals surface area contributed by atoms with Crippen molar-refractivity contribution in [2.24, 2.45) is 5.73 Å². The van der Waals surface area contributed by atoms with E-state index in [0.29, 0.717) is 24.5 Å². The number of para-hydroxylation sites is 1. The Morgan fingerprint density at radius 2 is 2.50 bits per heavy atom. The van der Waals surface area contributed by atoms with Crippen molar-refractivity contribution in [3.8, 4) is 5.75 Å². The standard InChI is InChI=1S/C11H14N2O3/c1-15-11(14)8-3-2-4-9-10(8)16-6-7(5-12)13-9/h2-4,7,13H,5-6,12H2,1H3. The third kappa shape index (κ3) is 1.81. The van der Waals surface area contributed by atoms with E-state index >= 15 is 0 Å². The summed E-state index contributed by atoms with van der Waals surface area (Å²) in [7, 11) is 1.35. The van der Waals surface area contributed by atoms with Crippen molar-refractivity contribution >= 4 is 11.7 Å². The van der Waals surface area contributed by atoms with Crippen LogP contribution in [0.1, 0.15) is 10.4 Å². The lowest BCUT2D eigenvalue weighted by molar-refractivity contribution is 0.0595. The van der Waals surface area contributed by atoms with Crippen LogP contribution in [-0.2, 0) is 4.74 Å². The fourth-order valence-electron chi connectivity index (χ4n) is 1.65. The zero-order valence-electron chi connectivity index (χ0n) is 9.03. The molecule has 0 spiro atoms. The number of carbonyl (C=O) groups excluding carboxylic acids is 1. The highest BCUT2D eigenvalue weighted by Crippen LogP contribution is 2.32. The van der Waals surface area contributed by atoms with Crippen LogP contribution >= 0.6 is 0 Å². The average molecular weight is 222 g/mol. The summed E-state index contributed by atoms with van der Waals surface area (Å²) in [6.45, 7) is 0.944. The van der Waals surface area contributed by atoms with Crippen LogP contribution in [0.4, 0.5) is 5.69 Å². The van der Waals surface area contributed by atoms with Crippen LogP contribution in [0.15, 0.2) is 18.2 Å². The number of methoxy groups -OCH3 is 1. The molecule has 1 heterocycles. The Bertz CT molecular complexity index is 406. The molecule has 5 nitrogen and oxygen atoms in total. The smallest absolute Gasteiger partial charge is 0.341 e. The van der Waals surface area contributed by atoms with Gasteiger partial charge in [-0.05, 0) is 12.1 Å². The number of ether oxygens (including phenoxy) is 2. The van der Waals surface area contributed by atoms with Gasteiger partial charge in [-0.1, -0.05) is 6.07 Å². The Labute approximate surface area is 93.5 Å². The lowest BCUT2D eigenvalue weighted by Crippen LogP contribution is -2.38. The van der Waals surface area contributed by atoms with Crippen molar-refractivity contribution < 1.29 is 14.3 Å². The number of nitrogens with one attached hydrogen (secondary N) is 1. The summed E-state index contributed by atoms with van der Waals surface area (Å²) in [5.41, 5.74) is 6.77. The number of rotatable bonds is 2. The number of esters is 1. The number of carbonyl (C=O) groups is 1. The van der Waals surface area contributed by atoms with Gasteiger partial charge in [-0.3, -0.25) is 0 Å². The summed E-state index contributed by atoms with van der Waals surface area (Å²) in [6.07, 6.45) is 0. The molecule has 2 rings (SSSR count). The van der Waals surface area contributed by atoms with Crippen LogP contribution in [0, 0.1) is 0 Å². The summed E-state index contributed by atoms with van der Waals surface area (Å²) in [5, 5.41) is 3.21. The molecule has 0 saturated carbocycles. The highest BCUT2D eigenvalue weighted by molar-refractivity contribution is 5.95. The molecular weight excluding hydrogens is 208 g/mol. The molecule has 0 bridgehead atoms. The predicted octanol–water partition coefficient (Wildman–Crippen LogP) is 0.605. The van der Waals surface area contributed by atoms with Crippen LogP contribution < -0.4 is 15.8 Å². The van der Waals surface area contributed by atoms with E-state index in [0.717, 1.165) is 5.69 Å². The first-order valence-electron chi connectivity index (χ1n) is 5.07. The Balaban J connectivity index is 2.35. The van der Waals surface area contributed by atoms with Gasteiger partial charge in [0.05, 0.1) is 18.8 Å². The van der Waals surface area contributed by atoms with Gasteiger partial charge in [-0.15, -0.1) is 0 Å². The van der Waals surface area contributed by atoms with E-state index in [-0.39, 0.29) is 6.04 Å². The number of nitrogens with two attached hydrogens (primary N) is 1. The lowest BCUT2D eigenvalue weighted by Gasteiger charge is -2.27. The molecule has 1 aliphatic heterocycles.